The normalized spacial score (nSPS) is 27.1. The maximum atomic E-state index is 13.7. The summed E-state index contributed by atoms with van der Waals surface area (Å²) in [6.07, 6.45) is 5.20. The summed E-state index contributed by atoms with van der Waals surface area (Å²) < 4.78 is 15.6. The van der Waals surface area contributed by atoms with E-state index in [1.54, 1.807) is 6.33 Å². The number of carbonyl (C=O) groups excluding carboxylic acids is 1. The molecule has 6 heterocycles. The third-order valence-electron chi connectivity index (χ3n) is 9.47. The Labute approximate surface area is 225 Å². The van der Waals surface area contributed by atoms with Crippen molar-refractivity contribution in [1.82, 2.24) is 29.8 Å². The number of hydrogen-bond donors (Lipinski definition) is 2. The van der Waals surface area contributed by atoms with Gasteiger partial charge in [0.2, 0.25) is 5.91 Å². The second-order valence-electron chi connectivity index (χ2n) is 12.0. The highest BCUT2D eigenvalue weighted by Crippen LogP contribution is 2.53. The molecular formula is C29H35FN6OS. The van der Waals surface area contributed by atoms with Crippen LogP contribution in [-0.4, -0.2) is 61.7 Å². The molecule has 1 aliphatic carbocycles. The van der Waals surface area contributed by atoms with Gasteiger partial charge in [-0.1, -0.05) is 13.8 Å². The molecule has 2 unspecified atom stereocenters. The number of thiophene rings is 1. The number of pyridine rings is 1. The van der Waals surface area contributed by atoms with E-state index in [0.29, 0.717) is 30.7 Å². The molecule has 0 spiro atoms. The van der Waals surface area contributed by atoms with Crippen LogP contribution in [0.1, 0.15) is 72.1 Å². The van der Waals surface area contributed by atoms with Crippen molar-refractivity contribution in [3.05, 3.63) is 39.7 Å². The maximum Gasteiger partial charge on any atom is 0.240 e. The molecular weight excluding hydrogens is 499 g/mol. The van der Waals surface area contributed by atoms with Gasteiger partial charge >= 0.3 is 0 Å². The van der Waals surface area contributed by atoms with Crippen molar-refractivity contribution in [2.45, 2.75) is 84.0 Å². The molecule has 3 aliphatic rings. The summed E-state index contributed by atoms with van der Waals surface area (Å²) in [5, 5.41) is 8.87. The molecule has 2 bridgehead atoms. The van der Waals surface area contributed by atoms with Crippen molar-refractivity contribution in [2.75, 3.05) is 13.1 Å². The molecule has 1 amide bonds. The van der Waals surface area contributed by atoms with Gasteiger partial charge in [-0.15, -0.1) is 11.3 Å². The van der Waals surface area contributed by atoms with E-state index in [1.165, 1.54) is 43.0 Å². The highest BCUT2D eigenvalue weighted by Gasteiger charge is 2.49. The zero-order valence-electron chi connectivity index (χ0n) is 22.6. The largest absolute Gasteiger partial charge is 0.346 e. The Morgan fingerprint density at radius 3 is 2.66 bits per heavy atom. The number of carbonyl (C=O) groups is 1. The first-order chi connectivity index (χ1) is 18.2. The number of aromatic amines is 1. The van der Waals surface area contributed by atoms with Gasteiger partial charge in [0.25, 0.3) is 0 Å². The molecule has 0 aromatic carbocycles. The monoisotopic (exact) mass is 534 g/mol. The van der Waals surface area contributed by atoms with Gasteiger partial charge < -0.3 is 15.2 Å². The Morgan fingerprint density at radius 1 is 1.16 bits per heavy atom. The van der Waals surface area contributed by atoms with Crippen molar-refractivity contribution >= 4 is 33.1 Å². The van der Waals surface area contributed by atoms with Crippen LogP contribution in [-0.2, 0) is 4.79 Å². The molecule has 3 fully saturated rings. The molecule has 2 saturated heterocycles. The lowest BCUT2D eigenvalue weighted by Gasteiger charge is -2.33. The number of nitrogens with zero attached hydrogens (tertiary/aromatic N) is 4. The number of aromatic nitrogens is 4. The molecule has 0 radical (unpaired) electrons. The van der Waals surface area contributed by atoms with Crippen LogP contribution in [0.3, 0.4) is 0 Å². The lowest BCUT2D eigenvalue weighted by Crippen LogP contribution is -2.47. The minimum atomic E-state index is -0.904. The molecule has 4 aromatic rings. The highest BCUT2D eigenvalue weighted by molar-refractivity contribution is 7.19. The second kappa shape index (κ2) is 8.61. The van der Waals surface area contributed by atoms with Gasteiger partial charge in [-0.2, -0.15) is 5.10 Å². The summed E-state index contributed by atoms with van der Waals surface area (Å²) in [6, 6.07) is -0.0711. The van der Waals surface area contributed by atoms with E-state index in [2.05, 4.69) is 66.1 Å². The number of nitrogens with one attached hydrogen (secondary N) is 2. The number of likely N-dealkylation sites (tertiary alicyclic amines) is 1. The first-order valence-electron chi connectivity index (χ1n) is 13.9. The Bertz CT molecular complexity index is 1580. The first-order valence-corrected chi connectivity index (χ1v) is 14.7. The van der Waals surface area contributed by atoms with Gasteiger partial charge in [-0.3, -0.25) is 4.79 Å². The molecule has 4 aromatic heterocycles. The fourth-order valence-corrected chi connectivity index (χ4v) is 8.91. The van der Waals surface area contributed by atoms with Crippen molar-refractivity contribution < 1.29 is 9.18 Å². The molecule has 7 nitrogen and oxygen atoms in total. The zero-order chi connectivity index (χ0) is 26.5. The van der Waals surface area contributed by atoms with Crippen LogP contribution in [0.5, 0.6) is 0 Å². The van der Waals surface area contributed by atoms with Gasteiger partial charge in [-0.25, -0.2) is 13.9 Å². The van der Waals surface area contributed by atoms with Crippen LogP contribution < -0.4 is 5.32 Å². The van der Waals surface area contributed by atoms with Crippen LogP contribution >= 0.6 is 11.3 Å². The minimum absolute atomic E-state index is 0.104. The van der Waals surface area contributed by atoms with Crippen molar-refractivity contribution in [2.24, 2.45) is 5.92 Å². The van der Waals surface area contributed by atoms with Crippen molar-refractivity contribution in [3.63, 3.8) is 0 Å². The van der Waals surface area contributed by atoms with Gasteiger partial charge in [0.1, 0.15) is 17.3 Å². The Kier molecular flexibility index (Phi) is 5.50. The summed E-state index contributed by atoms with van der Waals surface area (Å²) >= 11 is 1.90. The van der Waals surface area contributed by atoms with Crippen LogP contribution in [0.25, 0.3) is 27.1 Å². The Balaban J connectivity index is 1.23. The van der Waals surface area contributed by atoms with Crippen LogP contribution in [0.15, 0.2) is 12.5 Å². The van der Waals surface area contributed by atoms with E-state index in [1.807, 2.05) is 15.9 Å². The molecule has 200 valence electrons. The number of alkyl halides is 1. The molecule has 7 rings (SSSR count). The maximum absolute atomic E-state index is 13.7. The van der Waals surface area contributed by atoms with E-state index in [4.69, 9.17) is 0 Å². The standard InChI is InChI=1S/C29H35FN6OS/c1-13(2)23-24-16(5)26(20-8-19-6-17(20)10-35(19)29(37)22-7-18(30)9-31-22)38-28(24)34-25(23)21-11-36-27(32-12-33-36)15(4)14(21)3/h11-13,17-20,22,31,34H,6-10H2,1-5H3/t17?,18-,19?,20-,22-/m1/s1. The fourth-order valence-electron chi connectivity index (χ4n) is 7.47. The van der Waals surface area contributed by atoms with E-state index in [-0.39, 0.29) is 18.0 Å². The van der Waals surface area contributed by atoms with E-state index >= 15 is 0 Å². The minimum Gasteiger partial charge on any atom is -0.346 e. The fraction of sp³-hybridized carbons (Fsp3) is 0.552. The summed E-state index contributed by atoms with van der Waals surface area (Å²) in [7, 11) is 0. The number of halogens is 1. The Hall–Kier alpha value is -2.78. The third kappa shape index (κ3) is 3.43. The summed E-state index contributed by atoms with van der Waals surface area (Å²) in [6.45, 7) is 12.2. The average Bonchev–Trinajstić information content (AvgIpc) is 3.71. The summed E-state index contributed by atoms with van der Waals surface area (Å²) in [4.78, 5) is 26.1. The molecule has 2 aliphatic heterocycles. The molecule has 9 heteroatoms. The number of aryl methyl sites for hydroxylation is 2. The summed E-state index contributed by atoms with van der Waals surface area (Å²) in [5.74, 6) is 1.43. The SMILES string of the molecule is Cc1c(-c2[nH]c3sc([C@@H]4CC5CC4CN5C(=O)[C@H]4C[C@@H](F)CN4)c(C)c3c2C(C)C)cn2ncnc2c1C. The highest BCUT2D eigenvalue weighted by atomic mass is 32.1. The average molecular weight is 535 g/mol. The van der Waals surface area contributed by atoms with Gasteiger partial charge in [0, 0.05) is 53.5 Å². The number of fused-ring (bicyclic) bond motifs is 4. The topological polar surface area (TPSA) is 78.3 Å². The van der Waals surface area contributed by atoms with Crippen molar-refractivity contribution in [3.8, 4) is 11.3 Å². The molecule has 38 heavy (non-hydrogen) atoms. The van der Waals surface area contributed by atoms with Crippen LogP contribution in [0, 0.1) is 26.7 Å². The lowest BCUT2D eigenvalue weighted by molar-refractivity contribution is -0.134. The van der Waals surface area contributed by atoms with Gasteiger partial charge in [0.15, 0.2) is 5.65 Å². The zero-order valence-corrected chi connectivity index (χ0v) is 23.5. The second-order valence-corrected chi connectivity index (χ2v) is 13.0. The molecule has 1 saturated carbocycles. The number of rotatable bonds is 4. The Morgan fingerprint density at radius 2 is 1.97 bits per heavy atom. The van der Waals surface area contributed by atoms with Gasteiger partial charge in [0.05, 0.1) is 11.7 Å². The quantitative estimate of drug-likeness (QED) is 0.368. The number of amides is 1. The van der Waals surface area contributed by atoms with Crippen LogP contribution in [0.4, 0.5) is 4.39 Å². The lowest BCUT2D eigenvalue weighted by atomic mass is 9.88. The van der Waals surface area contributed by atoms with E-state index in [9.17, 15) is 9.18 Å². The molecule has 2 N–H and O–H groups in total. The molecule has 5 atom stereocenters. The van der Waals surface area contributed by atoms with Crippen LogP contribution in [0.2, 0.25) is 0 Å². The predicted octanol–water partition coefficient (Wildman–Crippen LogP) is 5.39. The van der Waals surface area contributed by atoms with E-state index in [0.717, 1.165) is 30.6 Å². The number of H-pyrrole nitrogens is 1. The number of piperidine rings is 1. The summed E-state index contributed by atoms with van der Waals surface area (Å²) in [5.41, 5.74) is 8.41. The predicted molar refractivity (Wildman–Crippen MR) is 149 cm³/mol. The van der Waals surface area contributed by atoms with Gasteiger partial charge in [-0.05, 0) is 67.7 Å². The van der Waals surface area contributed by atoms with E-state index < -0.39 is 6.17 Å². The number of hydrogen-bond acceptors (Lipinski definition) is 5. The third-order valence-corrected chi connectivity index (χ3v) is 10.8. The van der Waals surface area contributed by atoms with Crippen molar-refractivity contribution in [1.29, 1.82) is 0 Å². The smallest absolute Gasteiger partial charge is 0.240 e. The first kappa shape index (κ1) is 24.3.